The molecule has 0 bridgehead atoms. The molecule has 3 atom stereocenters. The molecule has 0 aromatic heterocycles. The van der Waals surface area contributed by atoms with E-state index in [-0.39, 0.29) is 59.5 Å². The van der Waals surface area contributed by atoms with Crippen LogP contribution in [0.2, 0.25) is 0 Å². The molecule has 1 saturated heterocycles. The first kappa shape index (κ1) is 26.2. The molecule has 2 N–H and O–H groups in total. The SMILES string of the molecule is COC(=O)c1cc(NC(=O)C[C@@H]2C(=O)N[C@@H]3CCCC[C@@H]3N2C(=O)CC(C)C)cc(C(=O)OC)c1. The molecule has 3 rings (SSSR count). The van der Waals surface area contributed by atoms with Crippen LogP contribution in [0.1, 0.15) is 73.1 Å². The molecule has 1 heterocycles. The summed E-state index contributed by atoms with van der Waals surface area (Å²) in [5, 5.41) is 5.65. The van der Waals surface area contributed by atoms with E-state index in [9.17, 15) is 24.0 Å². The van der Waals surface area contributed by atoms with Gasteiger partial charge in [-0.2, -0.15) is 0 Å². The predicted molar refractivity (Wildman–Crippen MR) is 127 cm³/mol. The standard InChI is InChI=1S/C25H33N3O7/c1-14(2)9-22(30)28-19-8-6-5-7-18(19)27-23(31)20(28)13-21(29)26-17-11-15(24(32)34-3)10-16(12-17)25(33)35-4/h10-12,14,18-20H,5-9,13H2,1-4H3,(H,26,29)(H,27,31)/t18-,19+,20-/m1/s1. The normalized spacial score (nSPS) is 21.6. The van der Waals surface area contributed by atoms with E-state index in [2.05, 4.69) is 10.6 Å². The Kier molecular flexibility index (Phi) is 8.48. The Labute approximate surface area is 204 Å². The number of anilines is 1. The number of piperazine rings is 1. The van der Waals surface area contributed by atoms with Gasteiger partial charge in [0.25, 0.3) is 0 Å². The second kappa shape index (κ2) is 11.3. The van der Waals surface area contributed by atoms with Crippen molar-refractivity contribution in [3.63, 3.8) is 0 Å². The average molecular weight is 488 g/mol. The highest BCUT2D eigenvalue weighted by Gasteiger charge is 2.45. The molecule has 1 aromatic rings. The number of carbonyl (C=O) groups is 5. The molecule has 1 aliphatic heterocycles. The lowest BCUT2D eigenvalue weighted by atomic mass is 9.84. The summed E-state index contributed by atoms with van der Waals surface area (Å²) in [7, 11) is 2.41. The van der Waals surface area contributed by atoms with Crippen molar-refractivity contribution in [1.82, 2.24) is 10.2 Å². The maximum Gasteiger partial charge on any atom is 0.337 e. The molecule has 0 spiro atoms. The number of benzene rings is 1. The van der Waals surface area contributed by atoms with Crippen molar-refractivity contribution >= 4 is 35.3 Å². The van der Waals surface area contributed by atoms with Crippen LogP contribution >= 0.6 is 0 Å². The number of rotatable bonds is 7. The molecule has 0 radical (unpaired) electrons. The molecular weight excluding hydrogens is 454 g/mol. The minimum atomic E-state index is -0.940. The fraction of sp³-hybridized carbons (Fsp3) is 0.560. The van der Waals surface area contributed by atoms with Crippen molar-refractivity contribution in [3.8, 4) is 0 Å². The lowest BCUT2D eigenvalue weighted by molar-refractivity contribution is -0.152. The Balaban J connectivity index is 1.84. The first-order valence-electron chi connectivity index (χ1n) is 11.9. The van der Waals surface area contributed by atoms with Gasteiger partial charge in [-0.15, -0.1) is 0 Å². The predicted octanol–water partition coefficient (Wildman–Crippen LogP) is 2.27. The zero-order chi connectivity index (χ0) is 25.7. The third kappa shape index (κ3) is 6.17. The summed E-state index contributed by atoms with van der Waals surface area (Å²) in [6.07, 6.45) is 3.55. The number of methoxy groups -OCH3 is 2. The largest absolute Gasteiger partial charge is 0.465 e. The van der Waals surface area contributed by atoms with Gasteiger partial charge in [0.15, 0.2) is 0 Å². The zero-order valence-corrected chi connectivity index (χ0v) is 20.6. The van der Waals surface area contributed by atoms with E-state index in [0.29, 0.717) is 0 Å². The van der Waals surface area contributed by atoms with Crippen molar-refractivity contribution < 1.29 is 33.4 Å². The summed E-state index contributed by atoms with van der Waals surface area (Å²) in [5.74, 6) is -2.27. The van der Waals surface area contributed by atoms with E-state index in [0.717, 1.165) is 25.7 Å². The Morgan fingerprint density at radius 3 is 2.20 bits per heavy atom. The molecule has 35 heavy (non-hydrogen) atoms. The quantitative estimate of drug-likeness (QED) is 0.564. The van der Waals surface area contributed by atoms with Gasteiger partial charge in [-0.25, -0.2) is 9.59 Å². The number of fused-ring (bicyclic) bond motifs is 1. The Morgan fingerprint density at radius 2 is 1.63 bits per heavy atom. The van der Waals surface area contributed by atoms with Gasteiger partial charge in [0.2, 0.25) is 17.7 Å². The fourth-order valence-corrected chi connectivity index (χ4v) is 4.81. The minimum Gasteiger partial charge on any atom is -0.465 e. The van der Waals surface area contributed by atoms with Gasteiger partial charge in [0.1, 0.15) is 6.04 Å². The molecule has 1 aromatic carbocycles. The number of nitrogens with zero attached hydrogens (tertiary/aromatic N) is 1. The Morgan fingerprint density at radius 1 is 1.03 bits per heavy atom. The highest BCUT2D eigenvalue weighted by Crippen LogP contribution is 2.31. The third-order valence-electron chi connectivity index (χ3n) is 6.36. The van der Waals surface area contributed by atoms with Crippen LogP contribution in [-0.4, -0.2) is 66.9 Å². The monoisotopic (exact) mass is 487 g/mol. The van der Waals surface area contributed by atoms with Crippen LogP contribution in [0.5, 0.6) is 0 Å². The van der Waals surface area contributed by atoms with Crippen LogP contribution in [0, 0.1) is 5.92 Å². The number of hydrogen-bond donors (Lipinski definition) is 2. The van der Waals surface area contributed by atoms with E-state index in [1.54, 1.807) is 4.90 Å². The van der Waals surface area contributed by atoms with E-state index >= 15 is 0 Å². The lowest BCUT2D eigenvalue weighted by Crippen LogP contribution is -2.68. The van der Waals surface area contributed by atoms with Crippen LogP contribution in [0.4, 0.5) is 5.69 Å². The highest BCUT2D eigenvalue weighted by atomic mass is 16.5. The van der Waals surface area contributed by atoms with Crippen molar-refractivity contribution in [2.75, 3.05) is 19.5 Å². The van der Waals surface area contributed by atoms with Gasteiger partial charge in [0.05, 0.1) is 37.8 Å². The van der Waals surface area contributed by atoms with E-state index in [1.165, 1.54) is 32.4 Å². The van der Waals surface area contributed by atoms with Crippen molar-refractivity contribution in [2.45, 2.75) is 70.5 Å². The zero-order valence-electron chi connectivity index (χ0n) is 20.6. The maximum absolute atomic E-state index is 13.2. The summed E-state index contributed by atoms with van der Waals surface area (Å²) in [4.78, 5) is 64.9. The molecule has 10 nitrogen and oxygen atoms in total. The topological polar surface area (TPSA) is 131 Å². The van der Waals surface area contributed by atoms with Crippen LogP contribution in [0.25, 0.3) is 0 Å². The van der Waals surface area contributed by atoms with Crippen LogP contribution in [0.15, 0.2) is 18.2 Å². The molecule has 10 heteroatoms. The van der Waals surface area contributed by atoms with E-state index in [4.69, 9.17) is 9.47 Å². The fourth-order valence-electron chi connectivity index (χ4n) is 4.81. The van der Waals surface area contributed by atoms with Gasteiger partial charge >= 0.3 is 11.9 Å². The molecule has 1 aliphatic carbocycles. The minimum absolute atomic E-state index is 0.0555. The third-order valence-corrected chi connectivity index (χ3v) is 6.36. The van der Waals surface area contributed by atoms with Gasteiger partial charge in [-0.3, -0.25) is 14.4 Å². The van der Waals surface area contributed by atoms with Crippen molar-refractivity contribution in [2.24, 2.45) is 5.92 Å². The van der Waals surface area contributed by atoms with Crippen molar-refractivity contribution in [1.29, 1.82) is 0 Å². The van der Waals surface area contributed by atoms with Gasteiger partial charge in [0, 0.05) is 18.2 Å². The number of amides is 3. The number of nitrogens with one attached hydrogen (secondary N) is 2. The maximum atomic E-state index is 13.2. The Bertz CT molecular complexity index is 973. The van der Waals surface area contributed by atoms with E-state index < -0.39 is 23.9 Å². The van der Waals surface area contributed by atoms with E-state index in [1.807, 2.05) is 13.8 Å². The summed E-state index contributed by atoms with van der Waals surface area (Å²) in [6.45, 7) is 3.88. The number of carbonyl (C=O) groups excluding carboxylic acids is 5. The van der Waals surface area contributed by atoms with Gasteiger partial charge in [-0.05, 0) is 37.0 Å². The molecule has 0 unspecified atom stereocenters. The first-order valence-corrected chi connectivity index (χ1v) is 11.9. The molecule has 2 aliphatic rings. The summed E-state index contributed by atoms with van der Waals surface area (Å²) in [6, 6.07) is 2.86. The molecular formula is C25H33N3O7. The molecule has 190 valence electrons. The summed E-state index contributed by atoms with van der Waals surface area (Å²) in [5.41, 5.74) is 0.282. The van der Waals surface area contributed by atoms with Crippen LogP contribution in [-0.2, 0) is 23.9 Å². The number of ether oxygens (including phenoxy) is 2. The molecule has 1 saturated carbocycles. The molecule has 2 fully saturated rings. The highest BCUT2D eigenvalue weighted by molar-refractivity contribution is 6.01. The van der Waals surface area contributed by atoms with Crippen LogP contribution < -0.4 is 10.6 Å². The number of hydrogen-bond acceptors (Lipinski definition) is 7. The summed E-state index contributed by atoms with van der Waals surface area (Å²) < 4.78 is 9.44. The second-order valence-corrected chi connectivity index (χ2v) is 9.42. The second-order valence-electron chi connectivity index (χ2n) is 9.42. The van der Waals surface area contributed by atoms with Crippen LogP contribution in [0.3, 0.4) is 0 Å². The average Bonchev–Trinajstić information content (AvgIpc) is 2.82. The lowest BCUT2D eigenvalue weighted by Gasteiger charge is -2.48. The number of esters is 2. The first-order chi connectivity index (χ1) is 16.6. The smallest absolute Gasteiger partial charge is 0.337 e. The van der Waals surface area contributed by atoms with Gasteiger partial charge < -0.3 is 25.0 Å². The summed E-state index contributed by atoms with van der Waals surface area (Å²) >= 11 is 0. The molecule has 3 amide bonds. The Hall–Kier alpha value is -3.43. The van der Waals surface area contributed by atoms with Crippen molar-refractivity contribution in [3.05, 3.63) is 29.3 Å². The van der Waals surface area contributed by atoms with Gasteiger partial charge in [-0.1, -0.05) is 26.7 Å².